The molecule has 1 fully saturated rings. The van der Waals surface area contributed by atoms with E-state index in [0.29, 0.717) is 35.3 Å². The Bertz CT molecular complexity index is 2010. The summed E-state index contributed by atoms with van der Waals surface area (Å²) in [6.45, 7) is 8.96. The number of amides is 1. The first-order valence-corrected chi connectivity index (χ1v) is 20.4. The zero-order chi connectivity index (χ0) is 39.4. The number of halogens is 1. The van der Waals surface area contributed by atoms with Crippen molar-refractivity contribution in [1.82, 2.24) is 4.90 Å². The Kier molecular flexibility index (Phi) is 14.5. The summed E-state index contributed by atoms with van der Waals surface area (Å²) in [4.78, 5) is 30.2. The molecule has 0 saturated carbocycles. The highest BCUT2D eigenvalue weighted by Gasteiger charge is 2.57. The quantitative estimate of drug-likeness (QED) is 0.0586. The van der Waals surface area contributed by atoms with Gasteiger partial charge in [-0.15, -0.1) is 0 Å². The van der Waals surface area contributed by atoms with E-state index in [2.05, 4.69) is 29.1 Å². The van der Waals surface area contributed by atoms with Crippen molar-refractivity contribution in [2.45, 2.75) is 62.5 Å². The van der Waals surface area contributed by atoms with E-state index in [1.165, 1.54) is 0 Å². The van der Waals surface area contributed by atoms with Crippen molar-refractivity contribution in [3.63, 3.8) is 0 Å². The molecule has 1 amide bonds. The first-order chi connectivity index (χ1) is 26.4. The Morgan fingerprint density at radius 2 is 1.47 bits per heavy atom. The summed E-state index contributed by atoms with van der Waals surface area (Å²) in [5.41, 5.74) is 1.49. The molecule has 4 atom stereocenters. The molecule has 55 heavy (non-hydrogen) atoms. The molecule has 0 N–H and O–H groups in total. The molecule has 4 aromatic rings. The van der Waals surface area contributed by atoms with Crippen LogP contribution in [0.3, 0.4) is 0 Å². The molecule has 0 unspecified atom stereocenters. The molecule has 1 heterocycles. The van der Waals surface area contributed by atoms with Gasteiger partial charge in [0, 0.05) is 6.42 Å². The van der Waals surface area contributed by atoms with Gasteiger partial charge in [-0.1, -0.05) is 108 Å². The van der Waals surface area contributed by atoms with E-state index < -0.39 is 46.0 Å². The zero-order valence-electron chi connectivity index (χ0n) is 31.0. The topological polar surface area (TPSA) is 118 Å². The van der Waals surface area contributed by atoms with Gasteiger partial charge >= 0.3 is 12.1 Å². The van der Waals surface area contributed by atoms with Crippen molar-refractivity contribution in [3.05, 3.63) is 155 Å². The predicted molar refractivity (Wildman–Crippen MR) is 215 cm³/mol. The minimum absolute atomic E-state index is 0.0211. The molecule has 0 aliphatic carbocycles. The number of para-hydroxylation sites is 1. The number of allylic oxidation sites excluding steroid dienone is 1. The van der Waals surface area contributed by atoms with Crippen LogP contribution in [0.4, 0.5) is 4.79 Å². The van der Waals surface area contributed by atoms with Crippen LogP contribution in [0.15, 0.2) is 138 Å². The molecule has 0 radical (unpaired) electrons. The SMILES string of the molecule is C=C(Br)CC[C@@]1(CC(=C)COCc2ccccc2)C[C@H](OC(=O)c2ccccc2)[C@@H](OS(C)(=O)=O)[C@H](Cc2ccc(OC)cc2)N1C(=O)Oc1ccccc1. The Hall–Kier alpha value is -4.75. The van der Waals surface area contributed by atoms with Gasteiger partial charge in [0.15, 0.2) is 0 Å². The van der Waals surface area contributed by atoms with E-state index in [4.69, 9.17) is 23.1 Å². The fourth-order valence-corrected chi connectivity index (χ4v) is 7.82. The van der Waals surface area contributed by atoms with Crippen LogP contribution < -0.4 is 9.47 Å². The summed E-state index contributed by atoms with van der Waals surface area (Å²) in [6.07, 6.45) is -1.31. The summed E-state index contributed by atoms with van der Waals surface area (Å²) in [7, 11) is -2.62. The van der Waals surface area contributed by atoms with E-state index in [1.54, 1.807) is 84.8 Å². The van der Waals surface area contributed by atoms with Crippen LogP contribution >= 0.6 is 15.9 Å². The molecule has 290 valence electrons. The van der Waals surface area contributed by atoms with E-state index in [-0.39, 0.29) is 37.2 Å². The molecule has 0 spiro atoms. The van der Waals surface area contributed by atoms with Crippen molar-refractivity contribution < 1.29 is 41.1 Å². The first-order valence-electron chi connectivity index (χ1n) is 17.8. The van der Waals surface area contributed by atoms with Gasteiger partial charge in [-0.2, -0.15) is 8.42 Å². The highest BCUT2D eigenvalue weighted by molar-refractivity contribution is 9.11. The normalized spacial score (nSPS) is 19.6. The van der Waals surface area contributed by atoms with Crippen LogP contribution in [-0.4, -0.2) is 69.1 Å². The van der Waals surface area contributed by atoms with Crippen molar-refractivity contribution in [2.24, 2.45) is 0 Å². The molecule has 4 aromatic carbocycles. The Morgan fingerprint density at radius 3 is 2.07 bits per heavy atom. The van der Waals surface area contributed by atoms with Gasteiger partial charge in [-0.3, -0.25) is 9.08 Å². The number of carbonyl (C=O) groups is 2. The van der Waals surface area contributed by atoms with Gasteiger partial charge in [0.05, 0.1) is 43.7 Å². The summed E-state index contributed by atoms with van der Waals surface area (Å²) in [6, 6.07) is 32.9. The third kappa shape index (κ3) is 11.9. The Balaban J connectivity index is 1.65. The number of ether oxygens (including phenoxy) is 4. The fourth-order valence-electron chi connectivity index (χ4n) is 6.97. The molecule has 0 aromatic heterocycles. The molecule has 1 aliphatic heterocycles. The lowest BCUT2D eigenvalue weighted by Crippen LogP contribution is -2.69. The smallest absolute Gasteiger partial charge is 0.416 e. The Morgan fingerprint density at radius 1 is 0.855 bits per heavy atom. The second-order valence-corrected chi connectivity index (χ2v) is 16.3. The number of esters is 1. The van der Waals surface area contributed by atoms with Gasteiger partial charge in [0.1, 0.15) is 23.7 Å². The highest BCUT2D eigenvalue weighted by atomic mass is 79.9. The average molecular weight is 833 g/mol. The predicted octanol–water partition coefficient (Wildman–Crippen LogP) is 8.67. The standard InChI is InChI=1S/C43H46BrNO9S/c1-31(29-51-30-34-14-8-5-9-15-34)27-43(25-24-32(2)44)28-39(53-41(46)35-16-10-6-11-17-35)40(54-55(4,48)49)38(26-33-20-22-36(50-3)23-21-33)45(43)42(47)52-37-18-12-7-13-19-37/h5-23,38-40H,1-2,24-30H2,3-4H3/t38-,39-,40-,43+/m0/s1. The van der Waals surface area contributed by atoms with Crippen LogP contribution in [0.25, 0.3) is 0 Å². The van der Waals surface area contributed by atoms with Gasteiger partial charge in [-0.25, -0.2) is 9.59 Å². The molecule has 1 saturated heterocycles. The van der Waals surface area contributed by atoms with Crippen LogP contribution in [-0.2, 0) is 36.8 Å². The highest BCUT2D eigenvalue weighted by Crippen LogP contribution is 2.45. The monoisotopic (exact) mass is 831 g/mol. The van der Waals surface area contributed by atoms with E-state index in [0.717, 1.165) is 17.4 Å². The van der Waals surface area contributed by atoms with Crippen LogP contribution in [0.2, 0.25) is 0 Å². The molecule has 12 heteroatoms. The summed E-state index contributed by atoms with van der Waals surface area (Å²) in [5.74, 6) is 0.237. The van der Waals surface area contributed by atoms with Crippen molar-refractivity contribution in [2.75, 3.05) is 20.0 Å². The number of hydrogen-bond acceptors (Lipinski definition) is 9. The first kappa shape index (κ1) is 41.4. The van der Waals surface area contributed by atoms with Gasteiger partial charge in [-0.05, 0) is 83.3 Å². The maximum Gasteiger partial charge on any atom is 0.416 e. The molecule has 1 aliphatic rings. The number of rotatable bonds is 17. The van der Waals surface area contributed by atoms with Gasteiger partial charge in [0.25, 0.3) is 10.1 Å². The van der Waals surface area contributed by atoms with Gasteiger partial charge < -0.3 is 18.9 Å². The summed E-state index contributed by atoms with van der Waals surface area (Å²) >= 11 is 3.51. The van der Waals surface area contributed by atoms with E-state index in [9.17, 15) is 18.0 Å². The number of benzene rings is 4. The second kappa shape index (κ2) is 19.2. The lowest BCUT2D eigenvalue weighted by molar-refractivity contribution is -0.116. The number of hydrogen-bond donors (Lipinski definition) is 0. The number of likely N-dealkylation sites (tertiary alicyclic amines) is 1. The van der Waals surface area contributed by atoms with Crippen molar-refractivity contribution in [3.8, 4) is 11.5 Å². The van der Waals surface area contributed by atoms with Crippen LogP contribution in [0.1, 0.15) is 47.2 Å². The van der Waals surface area contributed by atoms with Crippen molar-refractivity contribution >= 4 is 38.1 Å². The summed E-state index contributed by atoms with van der Waals surface area (Å²) in [5, 5.41) is 0. The Labute approximate surface area is 332 Å². The minimum atomic E-state index is -4.17. The lowest BCUT2D eigenvalue weighted by Gasteiger charge is -2.55. The van der Waals surface area contributed by atoms with E-state index in [1.807, 2.05) is 42.5 Å². The molecule has 0 bridgehead atoms. The minimum Gasteiger partial charge on any atom is -0.497 e. The third-order valence-corrected chi connectivity index (χ3v) is 10.3. The van der Waals surface area contributed by atoms with Crippen LogP contribution in [0.5, 0.6) is 11.5 Å². The molecule has 10 nitrogen and oxygen atoms in total. The number of methoxy groups -OCH3 is 1. The second-order valence-electron chi connectivity index (χ2n) is 13.6. The van der Waals surface area contributed by atoms with Crippen LogP contribution in [0, 0.1) is 0 Å². The number of carbonyl (C=O) groups excluding carboxylic acids is 2. The third-order valence-electron chi connectivity index (χ3n) is 9.33. The lowest BCUT2D eigenvalue weighted by atomic mass is 9.73. The van der Waals surface area contributed by atoms with Crippen molar-refractivity contribution in [1.29, 1.82) is 0 Å². The maximum absolute atomic E-state index is 14.8. The van der Waals surface area contributed by atoms with E-state index >= 15 is 0 Å². The molecular weight excluding hydrogens is 786 g/mol. The zero-order valence-corrected chi connectivity index (χ0v) is 33.4. The molecule has 5 rings (SSSR count). The average Bonchev–Trinajstić information content (AvgIpc) is 3.16. The fraction of sp³-hybridized carbons (Fsp3) is 0.302. The molecular formula is C43H46BrNO9S. The largest absolute Gasteiger partial charge is 0.497 e. The van der Waals surface area contributed by atoms with Gasteiger partial charge in [0.2, 0.25) is 0 Å². The number of piperidine rings is 1. The maximum atomic E-state index is 14.8. The number of nitrogens with zero attached hydrogens (tertiary/aromatic N) is 1. The summed E-state index contributed by atoms with van der Waals surface area (Å²) < 4.78 is 56.5.